The van der Waals surface area contributed by atoms with Crippen LogP contribution in [-0.4, -0.2) is 34.7 Å². The van der Waals surface area contributed by atoms with Crippen molar-refractivity contribution in [3.63, 3.8) is 0 Å². The fourth-order valence-corrected chi connectivity index (χ4v) is 5.46. The topological polar surface area (TPSA) is 102 Å². The van der Waals surface area contributed by atoms with Gasteiger partial charge in [-0.05, 0) is 54.0 Å². The Bertz CT molecular complexity index is 1410. The highest BCUT2D eigenvalue weighted by Crippen LogP contribution is 2.38. The molecule has 1 atom stereocenters. The third-order valence-electron chi connectivity index (χ3n) is 7.32. The summed E-state index contributed by atoms with van der Waals surface area (Å²) in [6, 6.07) is 17.0. The summed E-state index contributed by atoms with van der Waals surface area (Å²) in [5.41, 5.74) is 3.37. The normalized spacial score (nSPS) is 19.4. The minimum absolute atomic E-state index is 0.0302. The monoisotopic (exact) mass is 512 g/mol. The van der Waals surface area contributed by atoms with Crippen LogP contribution in [0.5, 0.6) is 5.75 Å². The predicted octanol–water partition coefficient (Wildman–Crippen LogP) is 6.50. The van der Waals surface area contributed by atoms with E-state index in [2.05, 4.69) is 5.16 Å². The van der Waals surface area contributed by atoms with Crippen LogP contribution in [0, 0.1) is 5.41 Å². The van der Waals surface area contributed by atoms with Crippen molar-refractivity contribution in [2.45, 2.75) is 58.3 Å². The number of aryl methyl sites for hydroxylation is 1. The summed E-state index contributed by atoms with van der Waals surface area (Å²) < 4.78 is 10.8. The molecule has 0 radical (unpaired) electrons. The number of carbonyl (C=O) groups excluding carboxylic acids is 2. The Morgan fingerprint density at radius 3 is 2.47 bits per heavy atom. The number of methoxy groups -OCH3 is 1. The zero-order valence-corrected chi connectivity index (χ0v) is 22.0. The van der Waals surface area contributed by atoms with Gasteiger partial charge in [-0.1, -0.05) is 49.3 Å². The maximum atomic E-state index is 13.4. The van der Waals surface area contributed by atoms with Crippen LogP contribution in [0.15, 0.2) is 75.4 Å². The maximum absolute atomic E-state index is 13.4. The van der Waals surface area contributed by atoms with E-state index in [0.29, 0.717) is 66.3 Å². The lowest BCUT2D eigenvalue weighted by molar-refractivity contribution is -0.116. The molecule has 0 aliphatic heterocycles. The van der Waals surface area contributed by atoms with Crippen molar-refractivity contribution >= 4 is 23.0 Å². The number of hydrogen-bond donors (Lipinski definition) is 1. The third-order valence-corrected chi connectivity index (χ3v) is 7.32. The molecule has 0 amide bonds. The van der Waals surface area contributed by atoms with Crippen LogP contribution in [0.2, 0.25) is 0 Å². The average molecular weight is 513 g/mol. The molecule has 7 nitrogen and oxygen atoms in total. The van der Waals surface area contributed by atoms with E-state index in [1.54, 1.807) is 31.4 Å². The Kier molecular flexibility index (Phi) is 7.02. The minimum atomic E-state index is -0.164. The maximum Gasteiger partial charge on any atom is 0.168 e. The molecule has 1 unspecified atom stereocenters. The van der Waals surface area contributed by atoms with E-state index in [1.807, 2.05) is 44.2 Å². The summed E-state index contributed by atoms with van der Waals surface area (Å²) in [5.74, 6) is 1.16. The Morgan fingerprint density at radius 1 is 1.05 bits per heavy atom. The number of aliphatic hydroxyl groups is 1. The molecular formula is C31H32N2O5. The summed E-state index contributed by atoms with van der Waals surface area (Å²) in [7, 11) is 1.59. The molecule has 0 spiro atoms. The van der Waals surface area contributed by atoms with Crippen LogP contribution in [-0.2, 0) is 17.6 Å². The first-order chi connectivity index (χ1) is 18.2. The van der Waals surface area contributed by atoms with Crippen LogP contribution in [0.1, 0.15) is 72.8 Å². The molecule has 0 fully saturated rings. The zero-order valence-electron chi connectivity index (χ0n) is 22.0. The lowest BCUT2D eigenvalue weighted by Gasteiger charge is -2.26. The van der Waals surface area contributed by atoms with E-state index >= 15 is 0 Å². The highest BCUT2D eigenvalue weighted by Gasteiger charge is 2.37. The number of ketones is 2. The van der Waals surface area contributed by atoms with Crippen molar-refractivity contribution in [3.8, 4) is 5.75 Å². The van der Waals surface area contributed by atoms with Crippen molar-refractivity contribution in [2.24, 2.45) is 10.4 Å². The number of fused-ring (bicyclic) bond motifs is 1. The standard InChI is InChI=1S/C31H32N2O5/c1-31(2)17-27(36)30-24(33-38-28(30)18-31)14-13-23(32-21-9-11-22(37-3)12-10-21)29-25(34)15-20(16-26(29)35)19-7-5-4-6-8-19/h4-12,20,34H,13-18H2,1-3H3. The second-order valence-corrected chi connectivity index (χ2v) is 10.9. The number of aromatic nitrogens is 1. The molecule has 2 aliphatic carbocycles. The number of allylic oxidation sites excluding steroid dienone is 2. The molecule has 5 rings (SSSR count). The number of aliphatic hydroxyl groups excluding tert-OH is 1. The van der Waals surface area contributed by atoms with Gasteiger partial charge in [-0.3, -0.25) is 14.6 Å². The van der Waals surface area contributed by atoms with Gasteiger partial charge in [0.1, 0.15) is 17.3 Å². The van der Waals surface area contributed by atoms with Crippen molar-refractivity contribution in [1.29, 1.82) is 0 Å². The molecule has 3 aromatic rings. The Morgan fingerprint density at radius 2 is 1.79 bits per heavy atom. The van der Waals surface area contributed by atoms with Crippen molar-refractivity contribution in [3.05, 3.63) is 88.5 Å². The smallest absolute Gasteiger partial charge is 0.168 e. The molecule has 196 valence electrons. The van der Waals surface area contributed by atoms with Crippen LogP contribution in [0.25, 0.3) is 0 Å². The van der Waals surface area contributed by atoms with Gasteiger partial charge < -0.3 is 14.4 Å². The number of carbonyl (C=O) groups is 2. The van der Waals surface area contributed by atoms with Gasteiger partial charge in [0.25, 0.3) is 0 Å². The van der Waals surface area contributed by atoms with Gasteiger partial charge in [-0.25, -0.2) is 0 Å². The van der Waals surface area contributed by atoms with E-state index in [-0.39, 0.29) is 40.7 Å². The van der Waals surface area contributed by atoms with Crippen LogP contribution in [0.3, 0.4) is 0 Å². The van der Waals surface area contributed by atoms with Gasteiger partial charge in [0.15, 0.2) is 11.6 Å². The Balaban J connectivity index is 1.47. The van der Waals surface area contributed by atoms with Crippen LogP contribution in [0.4, 0.5) is 5.69 Å². The van der Waals surface area contributed by atoms with Crippen molar-refractivity contribution < 1.29 is 24.0 Å². The highest BCUT2D eigenvalue weighted by atomic mass is 16.5. The first kappa shape index (κ1) is 25.6. The van der Waals surface area contributed by atoms with Gasteiger partial charge in [0, 0.05) is 25.7 Å². The van der Waals surface area contributed by atoms with E-state index in [4.69, 9.17) is 14.3 Å². The van der Waals surface area contributed by atoms with Crippen molar-refractivity contribution in [1.82, 2.24) is 5.16 Å². The average Bonchev–Trinajstić information content (AvgIpc) is 3.29. The lowest BCUT2D eigenvalue weighted by atomic mass is 9.75. The van der Waals surface area contributed by atoms with E-state index in [0.717, 1.165) is 5.56 Å². The molecular weight excluding hydrogens is 480 g/mol. The summed E-state index contributed by atoms with van der Waals surface area (Å²) in [6.45, 7) is 4.09. The van der Waals surface area contributed by atoms with Gasteiger partial charge in [0.2, 0.25) is 0 Å². The first-order valence-electron chi connectivity index (χ1n) is 13.0. The third kappa shape index (κ3) is 5.32. The van der Waals surface area contributed by atoms with Gasteiger partial charge in [0.05, 0.1) is 35.3 Å². The predicted molar refractivity (Wildman–Crippen MR) is 144 cm³/mol. The Labute approximate surface area is 222 Å². The molecule has 0 saturated carbocycles. The summed E-state index contributed by atoms with van der Waals surface area (Å²) in [6.07, 6.45) is 2.43. The number of aliphatic imine (C=N–C) groups is 1. The summed E-state index contributed by atoms with van der Waals surface area (Å²) in [5, 5.41) is 15.3. The van der Waals surface area contributed by atoms with E-state index in [1.165, 1.54) is 0 Å². The molecule has 2 aromatic carbocycles. The van der Waals surface area contributed by atoms with E-state index in [9.17, 15) is 14.7 Å². The number of rotatable bonds is 7. The molecule has 7 heteroatoms. The molecule has 1 heterocycles. The quantitative estimate of drug-likeness (QED) is 0.363. The number of nitrogens with zero attached hydrogens (tertiary/aromatic N) is 2. The Hall–Kier alpha value is -4.00. The molecule has 0 saturated heterocycles. The van der Waals surface area contributed by atoms with Crippen LogP contribution < -0.4 is 4.74 Å². The van der Waals surface area contributed by atoms with Gasteiger partial charge >= 0.3 is 0 Å². The summed E-state index contributed by atoms with van der Waals surface area (Å²) >= 11 is 0. The first-order valence-corrected chi connectivity index (χ1v) is 13.0. The molecule has 0 bridgehead atoms. The fourth-order valence-electron chi connectivity index (χ4n) is 5.46. The number of hydrogen-bond acceptors (Lipinski definition) is 7. The largest absolute Gasteiger partial charge is 0.511 e. The van der Waals surface area contributed by atoms with Gasteiger partial charge in [-0.2, -0.15) is 0 Å². The highest BCUT2D eigenvalue weighted by molar-refractivity contribution is 6.24. The molecule has 2 aliphatic rings. The number of ether oxygens (including phenoxy) is 1. The lowest BCUT2D eigenvalue weighted by Crippen LogP contribution is -2.27. The zero-order chi connectivity index (χ0) is 26.9. The van der Waals surface area contributed by atoms with Gasteiger partial charge in [-0.15, -0.1) is 0 Å². The number of Topliss-reactive ketones (excluding diaryl/α,β-unsaturated/α-hetero) is 2. The minimum Gasteiger partial charge on any atom is -0.511 e. The molecule has 38 heavy (non-hydrogen) atoms. The second-order valence-electron chi connectivity index (χ2n) is 10.9. The molecule has 1 N–H and O–H groups in total. The second kappa shape index (κ2) is 10.4. The van der Waals surface area contributed by atoms with Crippen molar-refractivity contribution in [2.75, 3.05) is 7.11 Å². The number of benzene rings is 2. The fraction of sp³-hybridized carbons (Fsp3) is 0.355. The van der Waals surface area contributed by atoms with E-state index < -0.39 is 0 Å². The van der Waals surface area contributed by atoms with Crippen LogP contribution >= 0.6 is 0 Å². The molecule has 1 aromatic heterocycles. The SMILES string of the molecule is COc1ccc(N=C(CCc2noc3c2C(=O)CC(C)(C)C3)C2=C(O)CC(c3ccccc3)CC2=O)cc1. The summed E-state index contributed by atoms with van der Waals surface area (Å²) in [4.78, 5) is 31.1.